The van der Waals surface area contributed by atoms with Crippen molar-refractivity contribution in [1.82, 2.24) is 19.4 Å². The first-order valence-electron chi connectivity index (χ1n) is 15.3. The standard InChI is InChI=1S/C37H36N4O4S/c1-25-5-4-6-32-33(25)36(44)40(3)37(38-32)46-24-27-9-11-28(12-10-27)34(42)29-15-17-31(18-16-29)45-23-26-7-13-30(14-8-26)35(43)41-21-19-39(2)20-22-41/h4-18H,19-24H2,1-3H3. The topological polar surface area (TPSA) is 84.7 Å². The van der Waals surface area contributed by atoms with Gasteiger partial charge in [-0.1, -0.05) is 60.3 Å². The highest BCUT2D eigenvalue weighted by atomic mass is 32.2. The third-order valence-electron chi connectivity index (χ3n) is 8.37. The zero-order valence-corrected chi connectivity index (χ0v) is 27.0. The normalized spacial score (nSPS) is 13.6. The van der Waals surface area contributed by atoms with Crippen LogP contribution >= 0.6 is 11.8 Å². The Balaban J connectivity index is 1.02. The van der Waals surface area contributed by atoms with Gasteiger partial charge in [-0.15, -0.1) is 0 Å². The fourth-order valence-electron chi connectivity index (χ4n) is 5.46. The molecule has 1 aliphatic rings. The predicted octanol–water partition coefficient (Wildman–Crippen LogP) is 5.73. The zero-order chi connectivity index (χ0) is 32.2. The minimum absolute atomic E-state index is 0.0496. The van der Waals surface area contributed by atoms with Crippen molar-refractivity contribution in [3.8, 4) is 5.75 Å². The van der Waals surface area contributed by atoms with Crippen molar-refractivity contribution < 1.29 is 14.3 Å². The lowest BCUT2D eigenvalue weighted by atomic mass is 10.0. The Morgan fingerprint density at radius 1 is 0.783 bits per heavy atom. The number of carbonyl (C=O) groups excluding carboxylic acids is 2. The number of rotatable bonds is 9. The molecule has 0 N–H and O–H groups in total. The summed E-state index contributed by atoms with van der Waals surface area (Å²) in [7, 11) is 3.82. The van der Waals surface area contributed by atoms with E-state index in [1.165, 1.54) is 11.8 Å². The summed E-state index contributed by atoms with van der Waals surface area (Å²) in [6.45, 7) is 5.56. The second-order valence-electron chi connectivity index (χ2n) is 11.6. The molecule has 1 aliphatic heterocycles. The van der Waals surface area contributed by atoms with E-state index in [2.05, 4.69) is 11.9 Å². The Bertz CT molecular complexity index is 1930. The molecule has 0 spiro atoms. The fourth-order valence-corrected chi connectivity index (χ4v) is 6.38. The van der Waals surface area contributed by atoms with Crippen LogP contribution in [0.15, 0.2) is 101 Å². The van der Waals surface area contributed by atoms with Gasteiger partial charge in [-0.25, -0.2) is 4.98 Å². The zero-order valence-electron chi connectivity index (χ0n) is 26.2. The van der Waals surface area contributed by atoms with Crippen LogP contribution in [0, 0.1) is 6.92 Å². The summed E-state index contributed by atoms with van der Waals surface area (Å²) in [6.07, 6.45) is 0. The van der Waals surface area contributed by atoms with E-state index in [1.807, 2.05) is 78.6 Å². The molecule has 8 nitrogen and oxygen atoms in total. The van der Waals surface area contributed by atoms with E-state index in [4.69, 9.17) is 9.72 Å². The number of carbonyl (C=O) groups is 2. The quantitative estimate of drug-likeness (QED) is 0.117. The maximum atomic E-state index is 13.2. The average molecular weight is 633 g/mol. The fraction of sp³-hybridized carbons (Fsp3) is 0.243. The Kier molecular flexibility index (Phi) is 9.33. The monoisotopic (exact) mass is 632 g/mol. The summed E-state index contributed by atoms with van der Waals surface area (Å²) in [5.74, 6) is 1.28. The molecule has 0 atom stereocenters. The van der Waals surface area contributed by atoms with Gasteiger partial charge in [-0.3, -0.25) is 19.0 Å². The predicted molar refractivity (Wildman–Crippen MR) is 182 cm³/mol. The van der Waals surface area contributed by atoms with Crippen LogP contribution in [0.2, 0.25) is 0 Å². The van der Waals surface area contributed by atoms with Crippen LogP contribution in [0.3, 0.4) is 0 Å². The van der Waals surface area contributed by atoms with Gasteiger partial charge >= 0.3 is 0 Å². The number of benzene rings is 4. The number of nitrogens with zero attached hydrogens (tertiary/aromatic N) is 4. The highest BCUT2D eigenvalue weighted by Crippen LogP contribution is 2.24. The molecule has 0 radical (unpaired) electrons. The summed E-state index contributed by atoms with van der Waals surface area (Å²) < 4.78 is 7.54. The Labute approximate surface area is 272 Å². The van der Waals surface area contributed by atoms with Gasteiger partial charge in [-0.2, -0.15) is 0 Å². The number of ether oxygens (including phenoxy) is 1. The molecule has 1 aromatic heterocycles. The van der Waals surface area contributed by atoms with Gasteiger partial charge in [0.25, 0.3) is 11.5 Å². The van der Waals surface area contributed by atoms with Crippen LogP contribution in [0.4, 0.5) is 0 Å². The average Bonchev–Trinajstić information content (AvgIpc) is 3.08. The molecule has 0 bridgehead atoms. The second-order valence-corrected chi connectivity index (χ2v) is 12.6. The van der Waals surface area contributed by atoms with Gasteiger partial charge in [0.05, 0.1) is 10.9 Å². The number of thioether (sulfide) groups is 1. The number of hydrogen-bond acceptors (Lipinski definition) is 7. The third-order valence-corrected chi connectivity index (χ3v) is 9.47. The van der Waals surface area contributed by atoms with Crippen molar-refractivity contribution in [2.24, 2.45) is 7.05 Å². The van der Waals surface area contributed by atoms with E-state index in [0.717, 1.165) is 42.9 Å². The van der Waals surface area contributed by atoms with Gasteiger partial charge in [0.15, 0.2) is 10.9 Å². The lowest BCUT2D eigenvalue weighted by Gasteiger charge is -2.32. The van der Waals surface area contributed by atoms with E-state index in [0.29, 0.717) is 50.9 Å². The SMILES string of the molecule is Cc1cccc2nc(SCc3ccc(C(=O)c4ccc(OCc5ccc(C(=O)N6CCN(C)CC6)cc5)cc4)cc3)n(C)c(=O)c12. The van der Waals surface area contributed by atoms with E-state index in [9.17, 15) is 14.4 Å². The molecule has 4 aromatic carbocycles. The highest BCUT2D eigenvalue weighted by Gasteiger charge is 2.20. The van der Waals surface area contributed by atoms with Crippen LogP contribution in [-0.2, 0) is 19.4 Å². The molecule has 0 saturated carbocycles. The molecule has 1 fully saturated rings. The Morgan fingerprint density at radius 2 is 1.39 bits per heavy atom. The van der Waals surface area contributed by atoms with Crippen LogP contribution in [0.25, 0.3) is 10.9 Å². The van der Waals surface area contributed by atoms with Crippen molar-refractivity contribution in [3.63, 3.8) is 0 Å². The summed E-state index contributed by atoms with van der Waals surface area (Å²) in [4.78, 5) is 47.7. The maximum absolute atomic E-state index is 13.2. The Hall–Kier alpha value is -4.73. The molecule has 2 heterocycles. The second kappa shape index (κ2) is 13.7. The number of aryl methyl sites for hydroxylation is 1. The van der Waals surface area contributed by atoms with E-state index >= 15 is 0 Å². The van der Waals surface area contributed by atoms with Crippen molar-refractivity contribution in [1.29, 1.82) is 0 Å². The van der Waals surface area contributed by atoms with Gasteiger partial charge in [-0.05, 0) is 73.1 Å². The third kappa shape index (κ3) is 6.90. The molecule has 1 amide bonds. The van der Waals surface area contributed by atoms with E-state index in [-0.39, 0.29) is 17.2 Å². The lowest BCUT2D eigenvalue weighted by Crippen LogP contribution is -2.47. The van der Waals surface area contributed by atoms with Gasteiger partial charge in [0.2, 0.25) is 0 Å². The lowest BCUT2D eigenvalue weighted by molar-refractivity contribution is 0.0664. The van der Waals surface area contributed by atoms with Gasteiger partial charge in [0.1, 0.15) is 12.4 Å². The van der Waals surface area contributed by atoms with Crippen LogP contribution in [0.1, 0.15) is 43.0 Å². The van der Waals surface area contributed by atoms with Crippen molar-refractivity contribution in [2.45, 2.75) is 24.4 Å². The first-order chi connectivity index (χ1) is 22.3. The number of aromatic nitrogens is 2. The molecule has 46 heavy (non-hydrogen) atoms. The molecule has 0 aliphatic carbocycles. The first-order valence-corrected chi connectivity index (χ1v) is 16.3. The van der Waals surface area contributed by atoms with E-state index < -0.39 is 0 Å². The minimum Gasteiger partial charge on any atom is -0.489 e. The van der Waals surface area contributed by atoms with Crippen molar-refractivity contribution in [3.05, 3.63) is 135 Å². The number of ketones is 1. The molecule has 1 saturated heterocycles. The summed E-state index contributed by atoms with van der Waals surface area (Å²) in [5, 5.41) is 1.30. The van der Waals surface area contributed by atoms with Crippen LogP contribution in [0.5, 0.6) is 5.75 Å². The van der Waals surface area contributed by atoms with Gasteiger partial charge < -0.3 is 14.5 Å². The first kappa shape index (κ1) is 31.3. The number of piperazine rings is 1. The highest BCUT2D eigenvalue weighted by molar-refractivity contribution is 7.98. The number of amides is 1. The number of fused-ring (bicyclic) bond motifs is 1. The molecule has 5 aromatic rings. The number of hydrogen-bond donors (Lipinski definition) is 0. The molecule has 234 valence electrons. The van der Waals surface area contributed by atoms with E-state index in [1.54, 1.807) is 35.9 Å². The van der Waals surface area contributed by atoms with Gasteiger partial charge in [0, 0.05) is 55.7 Å². The molecule has 0 unspecified atom stereocenters. The smallest absolute Gasteiger partial charge is 0.262 e. The summed E-state index contributed by atoms with van der Waals surface area (Å²) in [6, 6.07) is 27.9. The maximum Gasteiger partial charge on any atom is 0.262 e. The summed E-state index contributed by atoms with van der Waals surface area (Å²) in [5.41, 5.74) is 5.42. The molecular weight excluding hydrogens is 596 g/mol. The van der Waals surface area contributed by atoms with Crippen LogP contribution < -0.4 is 10.3 Å². The number of likely N-dealkylation sites (N-methyl/N-ethyl adjacent to an activating group) is 1. The summed E-state index contributed by atoms with van der Waals surface area (Å²) >= 11 is 1.49. The largest absolute Gasteiger partial charge is 0.489 e. The minimum atomic E-state index is -0.0691. The van der Waals surface area contributed by atoms with Crippen molar-refractivity contribution >= 4 is 34.4 Å². The molecule has 9 heteroatoms. The molecule has 6 rings (SSSR count). The Morgan fingerprint density at radius 3 is 2.07 bits per heavy atom. The van der Waals surface area contributed by atoms with Crippen molar-refractivity contribution in [2.75, 3.05) is 33.2 Å². The van der Waals surface area contributed by atoms with Crippen LogP contribution in [-0.4, -0.2) is 64.3 Å². The molecular formula is C37H36N4O4S.